The van der Waals surface area contributed by atoms with Crippen molar-refractivity contribution in [2.75, 3.05) is 18.4 Å². The van der Waals surface area contributed by atoms with Crippen LogP contribution in [-0.4, -0.2) is 56.3 Å². The van der Waals surface area contributed by atoms with Crippen LogP contribution in [0.15, 0.2) is 48.2 Å². The second-order valence-electron chi connectivity index (χ2n) is 9.23. The molecule has 2 amide bonds. The van der Waals surface area contributed by atoms with E-state index >= 15 is 0 Å². The average Bonchev–Trinajstić information content (AvgIpc) is 3.34. The summed E-state index contributed by atoms with van der Waals surface area (Å²) in [5.74, 6) is -0.772. The van der Waals surface area contributed by atoms with Crippen molar-refractivity contribution in [2.45, 2.75) is 39.2 Å². The number of nitrogens with one attached hydrogen (secondary N) is 1. The van der Waals surface area contributed by atoms with Gasteiger partial charge < -0.3 is 15.0 Å². The van der Waals surface area contributed by atoms with Gasteiger partial charge in [0.25, 0.3) is 5.91 Å². The van der Waals surface area contributed by atoms with Crippen LogP contribution in [0, 0.1) is 5.92 Å². The molecule has 3 aromatic rings. The number of carbonyl (C=O) groups is 3. The van der Waals surface area contributed by atoms with Gasteiger partial charge in [0.05, 0.1) is 17.6 Å². The molecule has 0 aromatic carbocycles. The molecule has 0 atom stereocenters. The van der Waals surface area contributed by atoms with E-state index in [1.807, 2.05) is 39.0 Å². The first-order valence-corrected chi connectivity index (χ1v) is 12.2. The minimum absolute atomic E-state index is 0.0843. The first kappa shape index (κ1) is 24.5. The number of carbonyl (C=O) groups excluding carboxylic acids is 3. The highest BCUT2D eigenvalue weighted by Crippen LogP contribution is 2.27. The lowest BCUT2D eigenvalue weighted by Crippen LogP contribution is -2.43. The number of ketones is 1. The quantitative estimate of drug-likeness (QED) is 0.513. The van der Waals surface area contributed by atoms with E-state index in [0.717, 1.165) is 0 Å². The molecule has 1 fully saturated rings. The third-order valence-electron chi connectivity index (χ3n) is 5.47. The van der Waals surface area contributed by atoms with Crippen molar-refractivity contribution in [1.29, 1.82) is 0 Å². The molecular formula is C25H27N5O4S. The lowest BCUT2D eigenvalue weighted by molar-refractivity contribution is 0.0182. The van der Waals surface area contributed by atoms with Gasteiger partial charge in [-0.3, -0.25) is 19.6 Å². The van der Waals surface area contributed by atoms with Gasteiger partial charge in [-0.25, -0.2) is 9.78 Å². The van der Waals surface area contributed by atoms with Crippen LogP contribution in [0.5, 0.6) is 0 Å². The average molecular weight is 494 g/mol. The van der Waals surface area contributed by atoms with Crippen molar-refractivity contribution in [3.63, 3.8) is 0 Å². The highest BCUT2D eigenvalue weighted by Gasteiger charge is 2.31. The first-order valence-electron chi connectivity index (χ1n) is 11.4. The number of likely N-dealkylation sites (tertiary alicyclic amines) is 1. The number of anilines is 1. The number of aromatic nitrogens is 3. The van der Waals surface area contributed by atoms with Crippen LogP contribution in [0.2, 0.25) is 0 Å². The summed E-state index contributed by atoms with van der Waals surface area (Å²) >= 11 is 1.32. The van der Waals surface area contributed by atoms with Crippen LogP contribution in [-0.2, 0) is 4.74 Å². The summed E-state index contributed by atoms with van der Waals surface area (Å²) in [5, 5.41) is 5.07. The predicted molar refractivity (Wildman–Crippen MR) is 132 cm³/mol. The second-order valence-corrected chi connectivity index (χ2v) is 10.1. The van der Waals surface area contributed by atoms with E-state index in [2.05, 4.69) is 20.3 Å². The van der Waals surface area contributed by atoms with Crippen molar-refractivity contribution in [3.05, 3.63) is 59.5 Å². The Bertz CT molecular complexity index is 1210. The molecule has 1 aliphatic rings. The molecule has 182 valence electrons. The van der Waals surface area contributed by atoms with Crippen LogP contribution in [0.4, 0.5) is 10.5 Å². The number of rotatable bonds is 5. The number of amides is 2. The van der Waals surface area contributed by atoms with Gasteiger partial charge in [-0.15, -0.1) is 11.3 Å². The van der Waals surface area contributed by atoms with Gasteiger partial charge in [0, 0.05) is 42.3 Å². The monoisotopic (exact) mass is 493 g/mol. The molecule has 0 saturated carbocycles. The number of hydrogen-bond acceptors (Lipinski definition) is 8. The topological polar surface area (TPSA) is 114 Å². The first-order chi connectivity index (χ1) is 16.7. The highest BCUT2D eigenvalue weighted by molar-refractivity contribution is 7.13. The summed E-state index contributed by atoms with van der Waals surface area (Å²) < 4.78 is 5.43. The van der Waals surface area contributed by atoms with Crippen molar-refractivity contribution in [3.8, 4) is 10.7 Å². The maximum absolute atomic E-state index is 13.3. The molecule has 0 unspecified atom stereocenters. The number of nitrogens with zero attached hydrogens (tertiary/aromatic N) is 4. The zero-order valence-corrected chi connectivity index (χ0v) is 20.7. The Morgan fingerprint density at radius 3 is 2.57 bits per heavy atom. The van der Waals surface area contributed by atoms with Crippen molar-refractivity contribution < 1.29 is 19.1 Å². The molecule has 10 heteroatoms. The second kappa shape index (κ2) is 10.3. The maximum Gasteiger partial charge on any atom is 0.410 e. The SMILES string of the molecule is CC(C)(C)OC(=O)N1CCC(C(=O)c2ccncc2NC(=O)c2csc(-c3ccccn3)n2)CC1. The fourth-order valence-corrected chi connectivity index (χ4v) is 4.53. The van der Waals surface area contributed by atoms with Crippen LogP contribution >= 0.6 is 11.3 Å². The summed E-state index contributed by atoms with van der Waals surface area (Å²) in [6, 6.07) is 7.10. The van der Waals surface area contributed by atoms with Crippen molar-refractivity contribution in [1.82, 2.24) is 19.9 Å². The van der Waals surface area contributed by atoms with Gasteiger partial charge in [0.15, 0.2) is 5.78 Å². The van der Waals surface area contributed by atoms with Gasteiger partial charge in [-0.1, -0.05) is 6.07 Å². The van der Waals surface area contributed by atoms with E-state index in [1.54, 1.807) is 22.5 Å². The summed E-state index contributed by atoms with van der Waals surface area (Å²) in [4.78, 5) is 52.8. The zero-order valence-electron chi connectivity index (χ0n) is 19.9. The van der Waals surface area contributed by atoms with Crippen LogP contribution < -0.4 is 5.32 Å². The van der Waals surface area contributed by atoms with Gasteiger partial charge in [-0.05, 0) is 51.8 Å². The molecule has 0 spiro atoms. The van der Waals surface area contributed by atoms with Gasteiger partial charge in [0.1, 0.15) is 16.3 Å². The van der Waals surface area contributed by atoms with E-state index in [9.17, 15) is 14.4 Å². The maximum atomic E-state index is 13.3. The molecule has 1 N–H and O–H groups in total. The summed E-state index contributed by atoms with van der Waals surface area (Å²) in [5.41, 5.74) is 1.09. The van der Waals surface area contributed by atoms with Gasteiger partial charge >= 0.3 is 6.09 Å². The molecule has 0 radical (unpaired) electrons. The number of hydrogen-bond donors (Lipinski definition) is 1. The molecule has 1 saturated heterocycles. The highest BCUT2D eigenvalue weighted by atomic mass is 32.1. The van der Waals surface area contributed by atoms with Gasteiger partial charge in [0.2, 0.25) is 0 Å². The van der Waals surface area contributed by atoms with E-state index in [0.29, 0.717) is 47.9 Å². The lowest BCUT2D eigenvalue weighted by Gasteiger charge is -2.33. The minimum Gasteiger partial charge on any atom is -0.444 e. The van der Waals surface area contributed by atoms with Crippen molar-refractivity contribution >= 4 is 34.8 Å². The molecular weight excluding hydrogens is 466 g/mol. The van der Waals surface area contributed by atoms with E-state index in [-0.39, 0.29) is 23.5 Å². The number of piperidine rings is 1. The van der Waals surface area contributed by atoms with Gasteiger partial charge in [-0.2, -0.15) is 0 Å². The number of Topliss-reactive ketones (excluding diaryl/α,β-unsaturated/α-hetero) is 1. The Morgan fingerprint density at radius 1 is 1.11 bits per heavy atom. The summed E-state index contributed by atoms with van der Waals surface area (Å²) in [6.07, 6.45) is 5.34. The number of thiazole rings is 1. The molecule has 3 aromatic heterocycles. The molecule has 0 bridgehead atoms. The Balaban J connectivity index is 1.41. The third kappa shape index (κ3) is 6.07. The molecule has 4 heterocycles. The third-order valence-corrected chi connectivity index (χ3v) is 6.34. The van der Waals surface area contributed by atoms with Crippen LogP contribution in [0.25, 0.3) is 10.7 Å². The van der Waals surface area contributed by atoms with Crippen molar-refractivity contribution in [2.24, 2.45) is 5.92 Å². The zero-order chi connectivity index (χ0) is 25.0. The van der Waals surface area contributed by atoms with E-state index < -0.39 is 11.5 Å². The normalized spacial score (nSPS) is 14.4. The Labute approximate surface area is 207 Å². The lowest BCUT2D eigenvalue weighted by atomic mass is 9.88. The summed E-state index contributed by atoms with van der Waals surface area (Å²) in [6.45, 7) is 6.35. The number of pyridine rings is 2. The predicted octanol–water partition coefficient (Wildman–Crippen LogP) is 4.68. The molecule has 9 nitrogen and oxygen atoms in total. The summed E-state index contributed by atoms with van der Waals surface area (Å²) in [7, 11) is 0. The molecule has 0 aliphatic carbocycles. The Kier molecular flexibility index (Phi) is 7.20. The Morgan fingerprint density at radius 2 is 1.89 bits per heavy atom. The molecule has 1 aliphatic heterocycles. The minimum atomic E-state index is -0.566. The fourth-order valence-electron chi connectivity index (χ4n) is 3.75. The van der Waals surface area contributed by atoms with Crippen LogP contribution in [0.3, 0.4) is 0 Å². The fraction of sp³-hybridized carbons (Fsp3) is 0.360. The largest absolute Gasteiger partial charge is 0.444 e. The Hall–Kier alpha value is -3.66. The molecule has 4 rings (SSSR count). The smallest absolute Gasteiger partial charge is 0.410 e. The van der Waals surface area contributed by atoms with E-state index in [4.69, 9.17) is 4.74 Å². The van der Waals surface area contributed by atoms with E-state index in [1.165, 1.54) is 23.7 Å². The number of ether oxygens (including phenoxy) is 1. The standard InChI is InChI=1S/C25H27N5O4S/c1-25(2,3)34-24(33)30-12-8-16(9-13-30)21(31)17-7-11-26-14-19(17)28-22(32)20-15-35-23(29-20)18-6-4-5-10-27-18/h4-7,10-11,14-16H,8-9,12-13H2,1-3H3,(H,28,32). The van der Waals surface area contributed by atoms with Crippen LogP contribution in [0.1, 0.15) is 54.5 Å². The molecule has 35 heavy (non-hydrogen) atoms.